The van der Waals surface area contributed by atoms with Crippen LogP contribution < -0.4 is 15.4 Å². The summed E-state index contributed by atoms with van der Waals surface area (Å²) in [5.74, 6) is -0.168. The lowest BCUT2D eigenvalue weighted by molar-refractivity contribution is -0.120. The number of para-hydroxylation sites is 1. The number of ether oxygens (including phenoxy) is 2. The number of hydrogen-bond acceptors (Lipinski definition) is 4. The Balaban J connectivity index is 2.54. The maximum atomic E-state index is 12.3. The molecule has 0 saturated heterocycles. The van der Waals surface area contributed by atoms with Crippen molar-refractivity contribution < 1.29 is 23.0 Å². The summed E-state index contributed by atoms with van der Waals surface area (Å²) < 4.78 is 34.0. The Hall–Kier alpha value is -1.73. The van der Waals surface area contributed by atoms with Gasteiger partial charge in [0.2, 0.25) is 5.91 Å². The average Bonchev–Trinajstić information content (AvgIpc) is 2.43. The summed E-state index contributed by atoms with van der Waals surface area (Å²) in [4.78, 5) is 11.7. The maximum Gasteiger partial charge on any atom is 0.387 e. The molecule has 21 heavy (non-hydrogen) atoms. The Morgan fingerprint density at radius 2 is 2.05 bits per heavy atom. The molecule has 1 aromatic rings. The highest BCUT2D eigenvalue weighted by molar-refractivity contribution is 5.78. The molecule has 1 amide bonds. The van der Waals surface area contributed by atoms with Crippen LogP contribution in [-0.2, 0) is 9.53 Å². The van der Waals surface area contributed by atoms with Crippen LogP contribution in [0.3, 0.4) is 0 Å². The smallest absolute Gasteiger partial charge is 0.387 e. The van der Waals surface area contributed by atoms with E-state index in [0.717, 1.165) is 0 Å². The molecule has 0 radical (unpaired) electrons. The van der Waals surface area contributed by atoms with Crippen molar-refractivity contribution in [2.75, 3.05) is 26.8 Å². The van der Waals surface area contributed by atoms with Gasteiger partial charge in [0.15, 0.2) is 0 Å². The van der Waals surface area contributed by atoms with E-state index in [-0.39, 0.29) is 18.2 Å². The summed E-state index contributed by atoms with van der Waals surface area (Å²) in [5, 5.41) is 5.62. The average molecular weight is 302 g/mol. The second kappa shape index (κ2) is 9.25. The van der Waals surface area contributed by atoms with Gasteiger partial charge in [-0.1, -0.05) is 18.2 Å². The monoisotopic (exact) mass is 302 g/mol. The van der Waals surface area contributed by atoms with Crippen molar-refractivity contribution in [3.8, 4) is 5.75 Å². The van der Waals surface area contributed by atoms with Gasteiger partial charge >= 0.3 is 6.61 Å². The molecule has 1 aromatic carbocycles. The van der Waals surface area contributed by atoms with Gasteiger partial charge in [0, 0.05) is 19.2 Å². The SMILES string of the molecule is COCCNCC(=O)NC(C)c1ccccc1OC(F)F. The van der Waals surface area contributed by atoms with Crippen LogP contribution in [0, 0.1) is 0 Å². The zero-order valence-corrected chi connectivity index (χ0v) is 12.1. The number of methoxy groups -OCH3 is 1. The standard InChI is InChI=1S/C14H20F2N2O3/c1-10(18-13(19)9-17-7-8-20-2)11-5-3-4-6-12(11)21-14(15)16/h3-6,10,14,17H,7-9H2,1-2H3,(H,18,19). The van der Waals surface area contributed by atoms with Gasteiger partial charge < -0.3 is 20.1 Å². The number of benzene rings is 1. The number of carbonyl (C=O) groups excluding carboxylic acids is 1. The largest absolute Gasteiger partial charge is 0.434 e. The number of carbonyl (C=O) groups is 1. The van der Waals surface area contributed by atoms with Gasteiger partial charge in [0.25, 0.3) is 0 Å². The molecule has 1 unspecified atom stereocenters. The van der Waals surface area contributed by atoms with E-state index in [1.54, 1.807) is 32.2 Å². The molecule has 0 aliphatic carbocycles. The maximum absolute atomic E-state index is 12.3. The van der Waals surface area contributed by atoms with Crippen LogP contribution in [0.15, 0.2) is 24.3 Å². The fourth-order valence-corrected chi connectivity index (χ4v) is 1.79. The van der Waals surface area contributed by atoms with Gasteiger partial charge in [-0.3, -0.25) is 4.79 Å². The quantitative estimate of drug-likeness (QED) is 0.682. The lowest BCUT2D eigenvalue weighted by Gasteiger charge is -2.18. The molecule has 0 bridgehead atoms. The van der Waals surface area contributed by atoms with Crippen LogP contribution in [0.4, 0.5) is 8.78 Å². The molecule has 0 fully saturated rings. The van der Waals surface area contributed by atoms with Crippen molar-refractivity contribution in [2.24, 2.45) is 0 Å². The summed E-state index contributed by atoms with van der Waals surface area (Å²) in [7, 11) is 1.57. The minimum Gasteiger partial charge on any atom is -0.434 e. The fourth-order valence-electron chi connectivity index (χ4n) is 1.79. The van der Waals surface area contributed by atoms with E-state index < -0.39 is 12.7 Å². The van der Waals surface area contributed by atoms with E-state index in [0.29, 0.717) is 18.7 Å². The normalized spacial score (nSPS) is 12.2. The van der Waals surface area contributed by atoms with Gasteiger partial charge in [-0.05, 0) is 13.0 Å². The molecule has 0 spiro atoms. The first-order valence-electron chi connectivity index (χ1n) is 6.57. The van der Waals surface area contributed by atoms with Crippen LogP contribution >= 0.6 is 0 Å². The molecule has 1 atom stereocenters. The van der Waals surface area contributed by atoms with Crippen molar-refractivity contribution in [3.63, 3.8) is 0 Å². The van der Waals surface area contributed by atoms with Gasteiger partial charge in [-0.25, -0.2) is 0 Å². The second-order valence-electron chi connectivity index (χ2n) is 4.38. The predicted octanol–water partition coefficient (Wildman–Crippen LogP) is 1.70. The van der Waals surface area contributed by atoms with Gasteiger partial charge in [0.05, 0.1) is 19.2 Å². The third kappa shape index (κ3) is 6.50. The van der Waals surface area contributed by atoms with Gasteiger partial charge in [0.1, 0.15) is 5.75 Å². The number of rotatable bonds is 9. The predicted molar refractivity (Wildman–Crippen MR) is 74.4 cm³/mol. The van der Waals surface area contributed by atoms with Crippen LogP contribution in [0.2, 0.25) is 0 Å². The summed E-state index contributed by atoms with van der Waals surface area (Å²) in [6.45, 7) is 0.00795. The molecule has 0 aliphatic rings. The molecular weight excluding hydrogens is 282 g/mol. The van der Waals surface area contributed by atoms with Crippen molar-refractivity contribution in [2.45, 2.75) is 19.6 Å². The van der Waals surface area contributed by atoms with Crippen LogP contribution in [0.5, 0.6) is 5.75 Å². The summed E-state index contributed by atoms with van der Waals surface area (Å²) in [6.07, 6.45) is 0. The van der Waals surface area contributed by atoms with E-state index in [1.165, 1.54) is 6.07 Å². The molecule has 0 saturated carbocycles. The number of amides is 1. The molecule has 0 heterocycles. The summed E-state index contributed by atoms with van der Waals surface area (Å²) >= 11 is 0. The molecule has 0 aliphatic heterocycles. The van der Waals surface area contributed by atoms with E-state index >= 15 is 0 Å². The minimum atomic E-state index is -2.90. The highest BCUT2D eigenvalue weighted by Gasteiger charge is 2.16. The fraction of sp³-hybridized carbons (Fsp3) is 0.500. The zero-order valence-electron chi connectivity index (χ0n) is 12.1. The first-order valence-corrected chi connectivity index (χ1v) is 6.57. The number of nitrogens with one attached hydrogen (secondary N) is 2. The summed E-state index contributed by atoms with van der Waals surface area (Å²) in [5.41, 5.74) is 0.503. The molecular formula is C14H20F2N2O3. The van der Waals surface area contributed by atoms with Gasteiger partial charge in [-0.2, -0.15) is 8.78 Å². The third-order valence-corrected chi connectivity index (χ3v) is 2.75. The van der Waals surface area contributed by atoms with E-state index in [1.807, 2.05) is 0 Å². The lowest BCUT2D eigenvalue weighted by Crippen LogP contribution is -2.36. The Kier molecular flexibility index (Phi) is 7.63. The number of hydrogen-bond donors (Lipinski definition) is 2. The third-order valence-electron chi connectivity index (χ3n) is 2.75. The summed E-state index contributed by atoms with van der Waals surface area (Å²) in [6, 6.07) is 5.95. The first-order chi connectivity index (χ1) is 10.0. The lowest BCUT2D eigenvalue weighted by atomic mass is 10.1. The van der Waals surface area contributed by atoms with E-state index in [2.05, 4.69) is 15.4 Å². The zero-order chi connectivity index (χ0) is 15.7. The molecule has 5 nitrogen and oxygen atoms in total. The van der Waals surface area contributed by atoms with Crippen LogP contribution in [0.1, 0.15) is 18.5 Å². The molecule has 7 heteroatoms. The Morgan fingerprint density at radius 3 is 2.71 bits per heavy atom. The number of halogens is 2. The topological polar surface area (TPSA) is 59.6 Å². The van der Waals surface area contributed by atoms with Crippen LogP contribution in [-0.4, -0.2) is 39.3 Å². The highest BCUT2D eigenvalue weighted by atomic mass is 19.3. The number of alkyl halides is 2. The van der Waals surface area contributed by atoms with E-state index in [9.17, 15) is 13.6 Å². The molecule has 0 aromatic heterocycles. The van der Waals surface area contributed by atoms with Crippen LogP contribution in [0.25, 0.3) is 0 Å². The molecule has 2 N–H and O–H groups in total. The van der Waals surface area contributed by atoms with Gasteiger partial charge in [-0.15, -0.1) is 0 Å². The van der Waals surface area contributed by atoms with Crippen molar-refractivity contribution in [1.29, 1.82) is 0 Å². The Morgan fingerprint density at radius 1 is 1.33 bits per heavy atom. The Labute approximate surface area is 122 Å². The first kappa shape index (κ1) is 17.3. The van der Waals surface area contributed by atoms with Crippen molar-refractivity contribution >= 4 is 5.91 Å². The molecule has 118 valence electrons. The highest BCUT2D eigenvalue weighted by Crippen LogP contribution is 2.26. The van der Waals surface area contributed by atoms with Crippen molar-refractivity contribution in [1.82, 2.24) is 10.6 Å². The molecule has 1 rings (SSSR count). The van der Waals surface area contributed by atoms with Crippen molar-refractivity contribution in [3.05, 3.63) is 29.8 Å². The second-order valence-corrected chi connectivity index (χ2v) is 4.38. The Bertz CT molecular complexity index is 444. The minimum absolute atomic E-state index is 0.0626. The van der Waals surface area contributed by atoms with E-state index in [4.69, 9.17) is 4.74 Å².